The smallest absolute Gasteiger partial charge is 0.269 e. The van der Waals surface area contributed by atoms with Gasteiger partial charge in [-0.2, -0.15) is 0 Å². The number of fused-ring (bicyclic) bond motifs is 2. The standard InChI is InChI=1S/C24H26N6O3/c1-3-15-10-21-20(27-22(15)31)11-16-13-29-7-8-30(14-18(29)6-9-33-24(16)28-21)17-4-5-19(26-12-17)23(32)25-2/h4-5,10-12H,3,6-9,13-14H2,1-2H3,(H-,25,27,31,32)/p+1. The Bertz CT molecular complexity index is 1310. The van der Waals surface area contributed by atoms with Gasteiger partial charge in [-0.25, -0.2) is 14.5 Å². The fourth-order valence-electron chi connectivity index (χ4n) is 4.45. The third-order valence-electron chi connectivity index (χ3n) is 6.35. The topological polar surface area (TPSA) is 103 Å². The van der Waals surface area contributed by atoms with Gasteiger partial charge in [0, 0.05) is 12.6 Å². The first-order chi connectivity index (χ1) is 16.1. The summed E-state index contributed by atoms with van der Waals surface area (Å²) < 4.78 is 8.44. The Morgan fingerprint density at radius 3 is 2.97 bits per heavy atom. The highest BCUT2D eigenvalue weighted by atomic mass is 16.5. The monoisotopic (exact) mass is 447 g/mol. The van der Waals surface area contributed by atoms with Gasteiger partial charge in [0.05, 0.1) is 54.6 Å². The maximum absolute atomic E-state index is 12.3. The lowest BCUT2D eigenvalue weighted by Gasteiger charge is -2.29. The second kappa shape index (κ2) is 8.65. The molecule has 0 fully saturated rings. The Morgan fingerprint density at radius 1 is 1.33 bits per heavy atom. The molecule has 2 aliphatic heterocycles. The summed E-state index contributed by atoms with van der Waals surface area (Å²) in [6.45, 7) is 5.67. The van der Waals surface area contributed by atoms with Gasteiger partial charge in [-0.1, -0.05) is 6.92 Å². The Labute approximate surface area is 191 Å². The van der Waals surface area contributed by atoms with Crippen molar-refractivity contribution in [3.63, 3.8) is 0 Å². The van der Waals surface area contributed by atoms with Crippen LogP contribution in [0.25, 0.3) is 11.0 Å². The molecule has 33 heavy (non-hydrogen) atoms. The number of H-pyrrole nitrogens is 1. The molecule has 3 aromatic heterocycles. The highest BCUT2D eigenvalue weighted by Crippen LogP contribution is 2.25. The minimum atomic E-state index is -0.190. The van der Waals surface area contributed by atoms with E-state index < -0.39 is 0 Å². The van der Waals surface area contributed by atoms with Gasteiger partial charge in [-0.05, 0) is 30.7 Å². The number of hydrogen-bond acceptors (Lipinski definition) is 6. The van der Waals surface area contributed by atoms with Crippen LogP contribution < -0.4 is 20.5 Å². The largest absolute Gasteiger partial charge is 0.477 e. The van der Waals surface area contributed by atoms with Crippen LogP contribution in [0.4, 0.5) is 5.69 Å². The lowest BCUT2D eigenvalue weighted by atomic mass is 10.1. The number of nitrogens with one attached hydrogen (secondary N) is 2. The molecular weight excluding hydrogens is 420 g/mol. The molecule has 0 saturated heterocycles. The van der Waals surface area contributed by atoms with Crippen LogP contribution in [0.1, 0.15) is 35.0 Å². The zero-order valence-electron chi connectivity index (χ0n) is 18.9. The number of carbonyl (C=O) groups excluding carboxylic acids is 1. The number of rotatable bonds is 3. The molecule has 0 unspecified atom stereocenters. The summed E-state index contributed by atoms with van der Waals surface area (Å²) in [4.78, 5) is 38.3. The molecule has 0 atom stereocenters. The second-order valence-corrected chi connectivity index (χ2v) is 8.35. The average molecular weight is 448 g/mol. The van der Waals surface area contributed by atoms with Crippen molar-refractivity contribution < 1.29 is 14.1 Å². The number of hydrogen-bond donors (Lipinski definition) is 2. The van der Waals surface area contributed by atoms with E-state index in [-0.39, 0.29) is 11.5 Å². The molecule has 5 heterocycles. The van der Waals surface area contributed by atoms with E-state index in [2.05, 4.69) is 24.8 Å². The Balaban J connectivity index is 1.41. The first-order valence-corrected chi connectivity index (χ1v) is 11.3. The number of aryl methyl sites for hydroxylation is 1. The lowest BCUT2D eigenvalue weighted by molar-refractivity contribution is -0.546. The highest BCUT2D eigenvalue weighted by molar-refractivity contribution is 5.92. The van der Waals surface area contributed by atoms with Crippen molar-refractivity contribution in [1.82, 2.24) is 20.3 Å². The number of aromatic nitrogens is 3. The van der Waals surface area contributed by atoms with E-state index in [1.54, 1.807) is 19.3 Å². The maximum atomic E-state index is 12.3. The molecule has 2 aliphatic rings. The van der Waals surface area contributed by atoms with E-state index in [0.29, 0.717) is 31.1 Å². The molecule has 0 radical (unpaired) electrons. The van der Waals surface area contributed by atoms with Crippen LogP contribution in [0.5, 0.6) is 5.88 Å². The molecule has 9 nitrogen and oxygen atoms in total. The molecule has 0 bridgehead atoms. The zero-order valence-corrected chi connectivity index (χ0v) is 18.9. The van der Waals surface area contributed by atoms with Crippen molar-refractivity contribution in [2.24, 2.45) is 0 Å². The van der Waals surface area contributed by atoms with Crippen molar-refractivity contribution in [3.05, 3.63) is 57.6 Å². The summed E-state index contributed by atoms with van der Waals surface area (Å²) in [5.41, 5.74) is 5.83. The van der Waals surface area contributed by atoms with Crippen LogP contribution in [0.2, 0.25) is 0 Å². The van der Waals surface area contributed by atoms with E-state index >= 15 is 0 Å². The summed E-state index contributed by atoms with van der Waals surface area (Å²) in [5, 5.41) is 2.59. The third kappa shape index (κ3) is 4.06. The molecule has 1 amide bonds. The second-order valence-electron chi connectivity index (χ2n) is 8.35. The molecule has 0 aliphatic carbocycles. The lowest BCUT2D eigenvalue weighted by Crippen LogP contribution is -2.45. The molecule has 0 aromatic carbocycles. The van der Waals surface area contributed by atoms with Crippen LogP contribution >= 0.6 is 0 Å². The minimum Gasteiger partial charge on any atom is -0.477 e. The van der Waals surface area contributed by atoms with Gasteiger partial charge in [0.1, 0.15) is 5.69 Å². The average Bonchev–Trinajstić information content (AvgIpc) is 2.83. The van der Waals surface area contributed by atoms with E-state index in [1.807, 2.05) is 25.1 Å². The van der Waals surface area contributed by atoms with Crippen molar-refractivity contribution in [2.45, 2.75) is 26.3 Å². The van der Waals surface area contributed by atoms with Crippen molar-refractivity contribution >= 4 is 28.3 Å². The fourth-order valence-corrected chi connectivity index (χ4v) is 4.45. The Hall–Kier alpha value is -3.75. The highest BCUT2D eigenvalue weighted by Gasteiger charge is 2.29. The number of anilines is 1. The van der Waals surface area contributed by atoms with E-state index in [4.69, 9.17) is 9.72 Å². The summed E-state index contributed by atoms with van der Waals surface area (Å²) in [6.07, 6.45) is 3.23. The van der Waals surface area contributed by atoms with Gasteiger partial charge >= 0.3 is 0 Å². The predicted octanol–water partition coefficient (Wildman–Crippen LogP) is 1.50. The molecule has 5 rings (SSSR count). The molecule has 0 spiro atoms. The zero-order chi connectivity index (χ0) is 22.9. The number of carbonyl (C=O) groups is 1. The fraction of sp³-hybridized carbons (Fsp3) is 0.375. The van der Waals surface area contributed by atoms with Crippen molar-refractivity contribution in [2.75, 3.05) is 38.2 Å². The Morgan fingerprint density at radius 2 is 2.21 bits per heavy atom. The van der Waals surface area contributed by atoms with Gasteiger partial charge in [0.25, 0.3) is 11.5 Å². The summed E-state index contributed by atoms with van der Waals surface area (Å²) in [7, 11) is 1.60. The van der Waals surface area contributed by atoms with Crippen molar-refractivity contribution in [3.8, 4) is 5.88 Å². The molecule has 3 aromatic rings. The van der Waals surface area contributed by atoms with Gasteiger partial charge in [-0.3, -0.25) is 9.59 Å². The molecule has 2 N–H and O–H groups in total. The van der Waals surface area contributed by atoms with Crippen LogP contribution in [0, 0.1) is 0 Å². The number of amides is 1. The van der Waals surface area contributed by atoms with Gasteiger partial charge in [0.2, 0.25) is 5.88 Å². The first kappa shape index (κ1) is 21.1. The van der Waals surface area contributed by atoms with E-state index in [9.17, 15) is 9.59 Å². The summed E-state index contributed by atoms with van der Waals surface area (Å²) >= 11 is 0. The van der Waals surface area contributed by atoms with Gasteiger partial charge in [0.15, 0.2) is 18.8 Å². The first-order valence-electron chi connectivity index (χ1n) is 11.3. The summed E-state index contributed by atoms with van der Waals surface area (Å²) in [5.74, 6) is 0.456. The van der Waals surface area contributed by atoms with Crippen LogP contribution in [-0.4, -0.2) is 64.4 Å². The van der Waals surface area contributed by atoms with Gasteiger partial charge < -0.3 is 19.9 Å². The molecule has 170 valence electrons. The molecule has 0 saturated carbocycles. The van der Waals surface area contributed by atoms with Crippen LogP contribution in [0.15, 0.2) is 35.3 Å². The Kier molecular flexibility index (Phi) is 5.53. The van der Waals surface area contributed by atoms with Gasteiger partial charge in [-0.15, -0.1) is 0 Å². The quantitative estimate of drug-likeness (QED) is 0.590. The molecule has 9 heteroatoms. The maximum Gasteiger partial charge on any atom is 0.269 e. The van der Waals surface area contributed by atoms with Crippen LogP contribution in [0.3, 0.4) is 0 Å². The van der Waals surface area contributed by atoms with E-state index in [0.717, 1.165) is 53.9 Å². The predicted molar refractivity (Wildman–Crippen MR) is 126 cm³/mol. The SMILES string of the molecule is CCc1cc2nc3c(cc2[nH]c1=O)C[N+]1=C(CCO3)CN(c2ccc(C(=O)NC)nc2)CC1. The summed E-state index contributed by atoms with van der Waals surface area (Å²) in [6, 6.07) is 7.55. The van der Waals surface area contributed by atoms with Crippen LogP contribution in [-0.2, 0) is 13.0 Å². The normalized spacial score (nSPS) is 15.9. The number of nitrogens with zero attached hydrogens (tertiary/aromatic N) is 4. The third-order valence-corrected chi connectivity index (χ3v) is 6.35. The minimum absolute atomic E-state index is 0.0598. The number of ether oxygens (including phenoxy) is 1. The van der Waals surface area contributed by atoms with E-state index in [1.165, 1.54) is 5.71 Å². The number of pyridine rings is 3. The molecular formula is C24H27N6O3+. The number of aromatic amines is 1. The van der Waals surface area contributed by atoms with Crippen molar-refractivity contribution in [1.29, 1.82) is 0 Å².